The molecular weight excluding hydrogens is 406 g/mol. The molecule has 0 saturated carbocycles. The Hall–Kier alpha value is -2.27. The Morgan fingerprint density at radius 3 is 2.52 bits per heavy atom. The first kappa shape index (κ1) is 19.5. The highest BCUT2D eigenvalue weighted by Crippen LogP contribution is 2.35. The number of nitrogens with zero attached hydrogens (tertiary/aromatic N) is 1. The number of carbonyl (C=O) groups excluding carboxylic acids is 1. The second kappa shape index (κ2) is 8.17. The van der Waals surface area contributed by atoms with Crippen LogP contribution in [0.5, 0.6) is 5.75 Å². The molecule has 142 valence electrons. The van der Waals surface area contributed by atoms with E-state index in [0.717, 1.165) is 38.9 Å². The van der Waals surface area contributed by atoms with Gasteiger partial charge in [-0.15, -0.1) is 0 Å². The molecule has 0 N–H and O–H groups in total. The molecular formula is C22H24BrNO3. The lowest BCUT2D eigenvalue weighted by Gasteiger charge is -2.13. The molecule has 5 heteroatoms. The van der Waals surface area contributed by atoms with Crippen LogP contribution in [-0.2, 0) is 16.1 Å². The molecule has 0 aliphatic rings. The largest absolute Gasteiger partial charge is 0.497 e. The van der Waals surface area contributed by atoms with Crippen LogP contribution in [0.15, 0.2) is 46.9 Å². The van der Waals surface area contributed by atoms with Crippen LogP contribution in [0.4, 0.5) is 0 Å². The standard InChI is InChI=1S/C22H24BrNO3/c1-5-27-22(25)14(2)21-15(3)24(13-16-6-8-17(23)9-7-16)20-11-10-18(26-4)12-19(20)21/h6-12,14H,5,13H2,1-4H3. The van der Waals surface area contributed by atoms with Crippen molar-refractivity contribution in [3.63, 3.8) is 0 Å². The van der Waals surface area contributed by atoms with Crippen molar-refractivity contribution >= 4 is 32.8 Å². The quantitative estimate of drug-likeness (QED) is 0.490. The molecule has 1 atom stereocenters. The van der Waals surface area contributed by atoms with Crippen LogP contribution in [0.2, 0.25) is 0 Å². The zero-order valence-electron chi connectivity index (χ0n) is 16.1. The number of fused-ring (bicyclic) bond motifs is 1. The van der Waals surface area contributed by atoms with Crippen molar-refractivity contribution in [1.29, 1.82) is 0 Å². The van der Waals surface area contributed by atoms with Gasteiger partial charge < -0.3 is 14.0 Å². The molecule has 27 heavy (non-hydrogen) atoms. The van der Waals surface area contributed by atoms with Crippen molar-refractivity contribution in [3.05, 3.63) is 63.8 Å². The Morgan fingerprint density at radius 2 is 1.89 bits per heavy atom. The maximum Gasteiger partial charge on any atom is 0.313 e. The molecule has 0 saturated heterocycles. The van der Waals surface area contributed by atoms with Gasteiger partial charge in [-0.2, -0.15) is 0 Å². The number of halogens is 1. The van der Waals surface area contributed by atoms with Gasteiger partial charge in [-0.3, -0.25) is 4.79 Å². The number of benzene rings is 2. The number of carbonyl (C=O) groups is 1. The summed E-state index contributed by atoms with van der Waals surface area (Å²) < 4.78 is 14.0. The van der Waals surface area contributed by atoms with E-state index in [9.17, 15) is 4.79 Å². The van der Waals surface area contributed by atoms with Crippen molar-refractivity contribution in [3.8, 4) is 5.75 Å². The highest BCUT2D eigenvalue weighted by Gasteiger charge is 2.25. The van der Waals surface area contributed by atoms with Crippen LogP contribution < -0.4 is 4.74 Å². The molecule has 3 aromatic rings. The lowest BCUT2D eigenvalue weighted by atomic mass is 9.98. The Kier molecular flexibility index (Phi) is 5.90. The van der Waals surface area contributed by atoms with E-state index in [2.05, 4.69) is 45.6 Å². The highest BCUT2D eigenvalue weighted by atomic mass is 79.9. The van der Waals surface area contributed by atoms with Crippen molar-refractivity contribution in [2.24, 2.45) is 0 Å². The van der Waals surface area contributed by atoms with Gasteiger partial charge >= 0.3 is 5.97 Å². The van der Waals surface area contributed by atoms with Crippen LogP contribution in [0.3, 0.4) is 0 Å². The summed E-state index contributed by atoms with van der Waals surface area (Å²) in [6.07, 6.45) is 0. The zero-order valence-corrected chi connectivity index (χ0v) is 17.7. The average Bonchev–Trinajstić information content (AvgIpc) is 2.94. The second-order valence-electron chi connectivity index (χ2n) is 6.57. The predicted octanol–water partition coefficient (Wildman–Crippen LogP) is 5.44. The lowest BCUT2D eigenvalue weighted by molar-refractivity contribution is -0.144. The summed E-state index contributed by atoms with van der Waals surface area (Å²) in [6, 6.07) is 14.3. The van der Waals surface area contributed by atoms with Crippen molar-refractivity contribution < 1.29 is 14.3 Å². The van der Waals surface area contributed by atoms with E-state index in [1.165, 1.54) is 5.56 Å². The number of hydrogen-bond donors (Lipinski definition) is 0. The third-order valence-electron chi connectivity index (χ3n) is 4.91. The van der Waals surface area contributed by atoms with E-state index >= 15 is 0 Å². The fourth-order valence-corrected chi connectivity index (χ4v) is 3.79. The first-order chi connectivity index (χ1) is 13.0. The molecule has 0 fully saturated rings. The molecule has 1 heterocycles. The van der Waals surface area contributed by atoms with E-state index in [1.807, 2.05) is 38.1 Å². The summed E-state index contributed by atoms with van der Waals surface area (Å²) >= 11 is 3.48. The van der Waals surface area contributed by atoms with Gasteiger partial charge in [0.15, 0.2) is 0 Å². The summed E-state index contributed by atoms with van der Waals surface area (Å²) in [4.78, 5) is 12.4. The smallest absolute Gasteiger partial charge is 0.313 e. The van der Waals surface area contributed by atoms with Crippen LogP contribution in [0.1, 0.15) is 36.6 Å². The number of rotatable bonds is 6. The monoisotopic (exact) mass is 429 g/mol. The van der Waals surface area contributed by atoms with E-state index in [4.69, 9.17) is 9.47 Å². The highest BCUT2D eigenvalue weighted by molar-refractivity contribution is 9.10. The van der Waals surface area contributed by atoms with E-state index in [0.29, 0.717) is 6.61 Å². The molecule has 0 radical (unpaired) electrons. The van der Waals surface area contributed by atoms with Gasteiger partial charge in [0.2, 0.25) is 0 Å². The number of hydrogen-bond acceptors (Lipinski definition) is 3. The second-order valence-corrected chi connectivity index (χ2v) is 7.48. The van der Waals surface area contributed by atoms with E-state index in [1.54, 1.807) is 7.11 Å². The fourth-order valence-electron chi connectivity index (χ4n) is 3.52. The summed E-state index contributed by atoms with van der Waals surface area (Å²) in [5, 5.41) is 1.03. The summed E-state index contributed by atoms with van der Waals surface area (Å²) in [5.74, 6) is 0.234. The molecule has 0 amide bonds. The molecule has 2 aromatic carbocycles. The summed E-state index contributed by atoms with van der Waals surface area (Å²) in [7, 11) is 1.65. The third kappa shape index (κ3) is 3.88. The van der Waals surface area contributed by atoms with Crippen LogP contribution >= 0.6 is 15.9 Å². The van der Waals surface area contributed by atoms with Gasteiger partial charge in [0.1, 0.15) is 5.75 Å². The Bertz CT molecular complexity index is 960. The molecule has 0 bridgehead atoms. The van der Waals surface area contributed by atoms with Gasteiger partial charge in [-0.1, -0.05) is 28.1 Å². The predicted molar refractivity (Wildman–Crippen MR) is 112 cm³/mol. The maximum atomic E-state index is 12.4. The van der Waals surface area contributed by atoms with Crippen molar-refractivity contribution in [2.75, 3.05) is 13.7 Å². The third-order valence-corrected chi connectivity index (χ3v) is 5.44. The van der Waals surface area contributed by atoms with E-state index < -0.39 is 0 Å². The first-order valence-electron chi connectivity index (χ1n) is 9.04. The van der Waals surface area contributed by atoms with Gasteiger partial charge in [0.25, 0.3) is 0 Å². The van der Waals surface area contributed by atoms with Gasteiger partial charge in [-0.05, 0) is 62.2 Å². The Labute approximate surface area is 168 Å². The first-order valence-corrected chi connectivity index (χ1v) is 9.83. The minimum atomic E-state index is -0.342. The number of ether oxygens (including phenoxy) is 2. The topological polar surface area (TPSA) is 40.5 Å². The molecule has 0 spiro atoms. The lowest BCUT2D eigenvalue weighted by Crippen LogP contribution is -2.14. The van der Waals surface area contributed by atoms with Gasteiger partial charge in [0.05, 0.1) is 19.6 Å². The van der Waals surface area contributed by atoms with E-state index in [-0.39, 0.29) is 11.9 Å². The summed E-state index contributed by atoms with van der Waals surface area (Å²) in [5.41, 5.74) is 4.35. The van der Waals surface area contributed by atoms with Crippen LogP contribution in [-0.4, -0.2) is 24.3 Å². The minimum Gasteiger partial charge on any atom is -0.497 e. The number of esters is 1. The van der Waals surface area contributed by atoms with Crippen LogP contribution in [0, 0.1) is 6.92 Å². The Balaban J connectivity index is 2.14. The molecule has 0 aliphatic heterocycles. The molecule has 3 rings (SSSR count). The normalized spacial score (nSPS) is 12.2. The van der Waals surface area contributed by atoms with Gasteiger partial charge in [-0.25, -0.2) is 0 Å². The van der Waals surface area contributed by atoms with Gasteiger partial charge in [0, 0.05) is 27.6 Å². The maximum absolute atomic E-state index is 12.4. The fraction of sp³-hybridized carbons (Fsp3) is 0.318. The molecule has 4 nitrogen and oxygen atoms in total. The SMILES string of the molecule is CCOC(=O)C(C)c1c(C)n(Cc2ccc(Br)cc2)c2ccc(OC)cc12. The number of methoxy groups -OCH3 is 1. The molecule has 1 unspecified atom stereocenters. The molecule has 0 aliphatic carbocycles. The van der Waals surface area contributed by atoms with Crippen molar-refractivity contribution in [1.82, 2.24) is 4.57 Å². The van der Waals surface area contributed by atoms with Crippen LogP contribution in [0.25, 0.3) is 10.9 Å². The average molecular weight is 430 g/mol. The summed E-state index contributed by atoms with van der Waals surface area (Å²) in [6.45, 7) is 6.91. The molecule has 1 aromatic heterocycles. The minimum absolute atomic E-state index is 0.203. The Morgan fingerprint density at radius 1 is 1.19 bits per heavy atom. The van der Waals surface area contributed by atoms with Crippen molar-refractivity contribution in [2.45, 2.75) is 33.2 Å². The zero-order chi connectivity index (χ0) is 19.6. The number of aromatic nitrogens is 1.